The fourth-order valence-corrected chi connectivity index (χ4v) is 6.83. The molecule has 266 valence electrons. The molecule has 0 aliphatic carbocycles. The molecule has 1 aromatic carbocycles. The van der Waals surface area contributed by atoms with Crippen LogP contribution in [-0.2, 0) is 6.54 Å². The fourth-order valence-electron chi connectivity index (χ4n) is 6.83. The largest absolute Gasteiger partial charge is 0.372 e. The number of rotatable bonds is 32. The second kappa shape index (κ2) is 30.0. The number of aryl methyl sites for hydroxylation is 1. The van der Waals surface area contributed by atoms with Crippen LogP contribution in [0, 0.1) is 0 Å². The lowest BCUT2D eigenvalue weighted by molar-refractivity contribution is -0.699. The van der Waals surface area contributed by atoms with E-state index in [0.717, 1.165) is 6.54 Å². The highest BCUT2D eigenvalue weighted by molar-refractivity contribution is 5.68. The number of aromatic nitrogens is 1. The van der Waals surface area contributed by atoms with Crippen LogP contribution >= 0.6 is 0 Å². The number of nitrogens with zero attached hydrogens (tertiary/aromatic N) is 2. The van der Waals surface area contributed by atoms with Gasteiger partial charge < -0.3 is 4.90 Å². The Balaban J connectivity index is 1.83. The lowest BCUT2D eigenvalue weighted by atomic mass is 10.1. The predicted molar refractivity (Wildman–Crippen MR) is 211 cm³/mol. The summed E-state index contributed by atoms with van der Waals surface area (Å²) in [6.45, 7) is 10.4. The maximum atomic E-state index is 2.68. The van der Waals surface area contributed by atoms with Crippen LogP contribution in [0.15, 0.2) is 48.7 Å². The van der Waals surface area contributed by atoms with Gasteiger partial charge in [-0.1, -0.05) is 174 Å². The van der Waals surface area contributed by atoms with Gasteiger partial charge in [0.05, 0.1) is 0 Å². The standard InChI is InChI=1S/C45H77N2/c1-4-7-10-13-16-19-20-23-26-28-39-46-42-31-27-32-44(46)36-33-43-34-37-45(38-35-43)47(40-29-24-21-17-14-11-8-5-2)41-30-25-22-18-15-12-9-6-3/h27,31-38,42H,4-26,28-30,39-41H2,1-3H3/q+1. The van der Waals surface area contributed by atoms with Crippen LogP contribution in [0.2, 0.25) is 0 Å². The average molecular weight is 646 g/mol. The molecule has 1 heterocycles. The quantitative estimate of drug-likeness (QED) is 0.0567. The van der Waals surface area contributed by atoms with Gasteiger partial charge in [0.2, 0.25) is 5.69 Å². The monoisotopic (exact) mass is 646 g/mol. The van der Waals surface area contributed by atoms with Crippen molar-refractivity contribution in [2.75, 3.05) is 18.0 Å². The van der Waals surface area contributed by atoms with Crippen molar-refractivity contribution in [2.45, 2.75) is 194 Å². The van der Waals surface area contributed by atoms with Crippen LogP contribution in [0.4, 0.5) is 5.69 Å². The Morgan fingerprint density at radius 1 is 0.447 bits per heavy atom. The Bertz CT molecular complexity index is 958. The van der Waals surface area contributed by atoms with Crippen LogP contribution in [0.3, 0.4) is 0 Å². The van der Waals surface area contributed by atoms with E-state index in [0.29, 0.717) is 0 Å². The van der Waals surface area contributed by atoms with E-state index in [2.05, 4.69) is 91.1 Å². The maximum absolute atomic E-state index is 2.68. The van der Waals surface area contributed by atoms with E-state index >= 15 is 0 Å². The van der Waals surface area contributed by atoms with Crippen molar-refractivity contribution in [3.8, 4) is 0 Å². The highest BCUT2D eigenvalue weighted by Crippen LogP contribution is 2.20. The summed E-state index contributed by atoms with van der Waals surface area (Å²) < 4.78 is 2.44. The van der Waals surface area contributed by atoms with Crippen molar-refractivity contribution in [1.29, 1.82) is 0 Å². The van der Waals surface area contributed by atoms with E-state index in [9.17, 15) is 0 Å². The van der Waals surface area contributed by atoms with Crippen LogP contribution in [0.25, 0.3) is 12.2 Å². The van der Waals surface area contributed by atoms with Crippen LogP contribution in [-0.4, -0.2) is 13.1 Å². The average Bonchev–Trinajstić information content (AvgIpc) is 3.10. The zero-order valence-electron chi connectivity index (χ0n) is 31.7. The van der Waals surface area contributed by atoms with E-state index in [4.69, 9.17) is 0 Å². The van der Waals surface area contributed by atoms with Gasteiger partial charge in [0.15, 0.2) is 6.20 Å². The molecule has 0 spiro atoms. The third-order valence-corrected chi connectivity index (χ3v) is 10.00. The van der Waals surface area contributed by atoms with Gasteiger partial charge in [-0.05, 0) is 49.1 Å². The molecule has 0 fully saturated rings. The second-order valence-electron chi connectivity index (χ2n) is 14.4. The molecule has 0 atom stereocenters. The molecule has 0 unspecified atom stereocenters. The van der Waals surface area contributed by atoms with Crippen molar-refractivity contribution in [3.05, 3.63) is 59.9 Å². The van der Waals surface area contributed by atoms with Gasteiger partial charge in [-0.15, -0.1) is 0 Å². The van der Waals surface area contributed by atoms with Crippen molar-refractivity contribution in [2.24, 2.45) is 0 Å². The minimum atomic E-state index is 1.11. The molecule has 0 N–H and O–H groups in total. The zero-order valence-corrected chi connectivity index (χ0v) is 31.7. The molecule has 47 heavy (non-hydrogen) atoms. The zero-order chi connectivity index (χ0) is 33.5. The minimum Gasteiger partial charge on any atom is -0.372 e. The molecule has 0 bridgehead atoms. The van der Waals surface area contributed by atoms with Gasteiger partial charge in [0.1, 0.15) is 6.54 Å². The first-order valence-electron chi connectivity index (χ1n) is 20.8. The van der Waals surface area contributed by atoms with E-state index in [1.165, 1.54) is 197 Å². The molecular formula is C45H77N2+. The predicted octanol–water partition coefficient (Wildman–Crippen LogP) is 14.2. The normalized spacial score (nSPS) is 11.6. The lowest BCUT2D eigenvalue weighted by Gasteiger charge is -2.25. The fraction of sp³-hybridized carbons (Fsp3) is 0.711. The summed E-state index contributed by atoms with van der Waals surface area (Å²) in [5, 5.41) is 0. The first-order chi connectivity index (χ1) is 23.3. The van der Waals surface area contributed by atoms with Crippen LogP contribution < -0.4 is 9.47 Å². The van der Waals surface area contributed by atoms with Gasteiger partial charge in [-0.2, -0.15) is 4.57 Å². The SMILES string of the molecule is CCCCCCCCCCCC[n+]1ccccc1/C=C/c1ccc(N(CCCCCCCCCC)CCCCCCCCCC)cc1. The second-order valence-corrected chi connectivity index (χ2v) is 14.4. The van der Waals surface area contributed by atoms with Gasteiger partial charge in [0.25, 0.3) is 0 Å². The van der Waals surface area contributed by atoms with Gasteiger partial charge in [-0.25, -0.2) is 0 Å². The molecule has 0 amide bonds. The van der Waals surface area contributed by atoms with Gasteiger partial charge >= 0.3 is 0 Å². The Kier molecular flexibility index (Phi) is 26.2. The number of unbranched alkanes of at least 4 members (excludes halogenated alkanes) is 23. The highest BCUT2D eigenvalue weighted by atomic mass is 15.1. The molecule has 0 saturated carbocycles. The summed E-state index contributed by atoms with van der Waals surface area (Å²) in [5.41, 5.74) is 4.00. The Morgan fingerprint density at radius 2 is 0.872 bits per heavy atom. The molecule has 0 saturated heterocycles. The molecule has 0 aliphatic rings. The van der Waals surface area contributed by atoms with E-state index in [-0.39, 0.29) is 0 Å². The topological polar surface area (TPSA) is 7.12 Å². The number of hydrogen-bond acceptors (Lipinski definition) is 1. The molecule has 0 aliphatic heterocycles. The van der Waals surface area contributed by atoms with Gasteiger partial charge in [-0.3, -0.25) is 0 Å². The first-order valence-corrected chi connectivity index (χ1v) is 20.8. The maximum Gasteiger partial charge on any atom is 0.205 e. The summed E-state index contributed by atoms with van der Waals surface area (Å²) in [6.07, 6.45) is 42.9. The van der Waals surface area contributed by atoms with Crippen LogP contribution in [0.5, 0.6) is 0 Å². The minimum absolute atomic E-state index is 1.11. The van der Waals surface area contributed by atoms with E-state index < -0.39 is 0 Å². The molecule has 0 radical (unpaired) electrons. The number of benzene rings is 1. The lowest BCUT2D eigenvalue weighted by Crippen LogP contribution is -2.36. The molecule has 2 heteroatoms. The first kappa shape index (κ1) is 41.1. The smallest absolute Gasteiger partial charge is 0.205 e. The molecule has 2 rings (SSSR count). The highest BCUT2D eigenvalue weighted by Gasteiger charge is 2.08. The van der Waals surface area contributed by atoms with Gasteiger partial charge in [0, 0.05) is 43.4 Å². The van der Waals surface area contributed by atoms with E-state index in [1.54, 1.807) is 0 Å². The van der Waals surface area contributed by atoms with Crippen molar-refractivity contribution in [1.82, 2.24) is 0 Å². The third kappa shape index (κ3) is 21.5. The number of hydrogen-bond donors (Lipinski definition) is 0. The molecule has 2 nitrogen and oxygen atoms in total. The summed E-state index contributed by atoms with van der Waals surface area (Å²) in [4.78, 5) is 2.68. The van der Waals surface area contributed by atoms with Crippen LogP contribution in [0.1, 0.15) is 199 Å². The third-order valence-electron chi connectivity index (χ3n) is 10.00. The summed E-state index contributed by atoms with van der Waals surface area (Å²) >= 11 is 0. The molecule has 2 aromatic rings. The molecular weight excluding hydrogens is 569 g/mol. The van der Waals surface area contributed by atoms with Crippen molar-refractivity contribution >= 4 is 17.8 Å². The Hall–Kier alpha value is -2.09. The Labute approximate surface area is 293 Å². The van der Waals surface area contributed by atoms with E-state index in [1.807, 2.05) is 0 Å². The Morgan fingerprint density at radius 3 is 1.34 bits per heavy atom. The summed E-state index contributed by atoms with van der Waals surface area (Å²) in [7, 11) is 0. The number of anilines is 1. The summed E-state index contributed by atoms with van der Waals surface area (Å²) in [6, 6.07) is 16.0. The molecule has 1 aromatic heterocycles. The van der Waals surface area contributed by atoms with Crippen molar-refractivity contribution in [3.63, 3.8) is 0 Å². The summed E-state index contributed by atoms with van der Waals surface area (Å²) in [5.74, 6) is 0. The van der Waals surface area contributed by atoms with Crippen molar-refractivity contribution < 1.29 is 4.57 Å². The number of pyridine rings is 1.